The van der Waals surface area contributed by atoms with Crippen LogP contribution in [0.4, 0.5) is 5.13 Å². The summed E-state index contributed by atoms with van der Waals surface area (Å²) in [4.78, 5) is 50.6. The van der Waals surface area contributed by atoms with Crippen LogP contribution < -0.4 is 22.0 Å². The van der Waals surface area contributed by atoms with Crippen molar-refractivity contribution in [2.45, 2.75) is 6.42 Å². The van der Waals surface area contributed by atoms with Crippen LogP contribution in [0, 0.1) is 0 Å². The predicted molar refractivity (Wildman–Crippen MR) is 111 cm³/mol. The molecular formula is C16H11Cl2N7O4S. The lowest BCUT2D eigenvalue weighted by atomic mass is 10.2. The number of nitrogens with zero attached hydrogens (tertiary/aromatic N) is 3. The summed E-state index contributed by atoms with van der Waals surface area (Å²) in [7, 11) is 0. The average Bonchev–Trinajstić information content (AvgIpc) is 3.09. The third-order valence-electron chi connectivity index (χ3n) is 3.36. The number of halogens is 2. The van der Waals surface area contributed by atoms with E-state index in [4.69, 9.17) is 23.2 Å². The number of nitrogens with one attached hydrogen (secondary N) is 4. The van der Waals surface area contributed by atoms with Gasteiger partial charge in [-0.05, 0) is 12.1 Å². The standard InChI is InChI=1S/C16H11Cl2N7O4S/c17-8-2-1-7(9(18)3-8)6-19-23-12(27)5-13-24-25-16(30-13)22-14(28)10-4-11(26)21-15(29)20-10/h1-4,6H,5H2,(H,23,27)(H,22,25,28)(H2,20,21,26,29)/b19-6-. The quantitative estimate of drug-likeness (QED) is 0.314. The van der Waals surface area contributed by atoms with Crippen molar-refractivity contribution in [3.63, 3.8) is 0 Å². The van der Waals surface area contributed by atoms with E-state index in [2.05, 4.69) is 31.0 Å². The zero-order valence-electron chi connectivity index (χ0n) is 14.7. The molecule has 11 nitrogen and oxygen atoms in total. The van der Waals surface area contributed by atoms with Crippen LogP contribution in [0.5, 0.6) is 0 Å². The van der Waals surface area contributed by atoms with E-state index in [1.807, 2.05) is 4.98 Å². The zero-order valence-corrected chi connectivity index (χ0v) is 17.1. The number of hydrazone groups is 1. The number of aromatic amines is 2. The molecule has 0 unspecified atom stereocenters. The highest BCUT2D eigenvalue weighted by molar-refractivity contribution is 7.15. The van der Waals surface area contributed by atoms with E-state index in [0.717, 1.165) is 17.4 Å². The fraction of sp³-hybridized carbons (Fsp3) is 0.0625. The number of benzene rings is 1. The molecule has 2 aromatic heterocycles. The Balaban J connectivity index is 1.56. The fourth-order valence-corrected chi connectivity index (χ4v) is 3.28. The molecule has 0 fully saturated rings. The topological polar surface area (TPSA) is 162 Å². The number of hydrogen-bond donors (Lipinski definition) is 4. The molecule has 3 rings (SSSR count). The van der Waals surface area contributed by atoms with Gasteiger partial charge in [0.05, 0.1) is 17.7 Å². The van der Waals surface area contributed by atoms with Gasteiger partial charge in [0.2, 0.25) is 11.0 Å². The number of carbonyl (C=O) groups excluding carboxylic acids is 2. The summed E-state index contributed by atoms with van der Waals surface area (Å²) in [6, 6.07) is 5.75. The van der Waals surface area contributed by atoms with Crippen LogP contribution in [0.25, 0.3) is 0 Å². The van der Waals surface area contributed by atoms with E-state index in [1.54, 1.807) is 18.2 Å². The van der Waals surface area contributed by atoms with E-state index in [-0.39, 0.29) is 17.2 Å². The first-order chi connectivity index (χ1) is 14.3. The Kier molecular flexibility index (Phi) is 6.72. The van der Waals surface area contributed by atoms with Crippen molar-refractivity contribution in [3.8, 4) is 0 Å². The van der Waals surface area contributed by atoms with Crippen LogP contribution in [0.3, 0.4) is 0 Å². The van der Waals surface area contributed by atoms with Gasteiger partial charge >= 0.3 is 5.69 Å². The van der Waals surface area contributed by atoms with Gasteiger partial charge in [0, 0.05) is 16.7 Å². The van der Waals surface area contributed by atoms with Crippen molar-refractivity contribution in [1.82, 2.24) is 25.6 Å². The molecule has 0 radical (unpaired) electrons. The summed E-state index contributed by atoms with van der Waals surface area (Å²) in [5.41, 5.74) is 1.11. The number of aromatic nitrogens is 4. The van der Waals surface area contributed by atoms with Crippen LogP contribution in [0.2, 0.25) is 10.0 Å². The summed E-state index contributed by atoms with van der Waals surface area (Å²) in [6.07, 6.45) is 1.23. The lowest BCUT2D eigenvalue weighted by molar-refractivity contribution is -0.120. The second kappa shape index (κ2) is 9.43. The lowest BCUT2D eigenvalue weighted by Crippen LogP contribution is -2.27. The third-order valence-corrected chi connectivity index (χ3v) is 4.76. The summed E-state index contributed by atoms with van der Waals surface area (Å²) in [5, 5.41) is 15.0. The van der Waals surface area contributed by atoms with Gasteiger partial charge in [-0.3, -0.25) is 24.7 Å². The maximum Gasteiger partial charge on any atom is 0.326 e. The van der Waals surface area contributed by atoms with Crippen molar-refractivity contribution in [2.24, 2.45) is 5.10 Å². The van der Waals surface area contributed by atoms with Crippen molar-refractivity contribution in [3.05, 3.63) is 71.4 Å². The number of rotatable bonds is 6. The first-order valence-electron chi connectivity index (χ1n) is 8.04. The molecule has 4 N–H and O–H groups in total. The first kappa shape index (κ1) is 21.4. The normalized spacial score (nSPS) is 10.9. The number of carbonyl (C=O) groups is 2. The molecule has 0 spiro atoms. The van der Waals surface area contributed by atoms with Gasteiger partial charge in [0.1, 0.15) is 10.7 Å². The Morgan fingerprint density at radius 1 is 1.17 bits per heavy atom. The molecule has 0 aliphatic rings. The average molecular weight is 468 g/mol. The van der Waals surface area contributed by atoms with Gasteiger partial charge < -0.3 is 4.98 Å². The number of anilines is 1. The zero-order chi connectivity index (χ0) is 21.7. The van der Waals surface area contributed by atoms with E-state index in [1.165, 1.54) is 6.21 Å². The van der Waals surface area contributed by atoms with E-state index in [0.29, 0.717) is 20.6 Å². The molecule has 0 atom stereocenters. The SMILES string of the molecule is O=C(Cc1nnc(NC(=O)c2cc(=O)[nH]c(=O)[nH]2)s1)N/N=C\c1ccc(Cl)cc1Cl. The molecule has 30 heavy (non-hydrogen) atoms. The molecule has 0 bridgehead atoms. The summed E-state index contributed by atoms with van der Waals surface area (Å²) < 4.78 is 0. The molecular weight excluding hydrogens is 457 g/mol. The third kappa shape index (κ3) is 5.83. The van der Waals surface area contributed by atoms with Gasteiger partial charge in [-0.1, -0.05) is 40.6 Å². The molecule has 0 saturated heterocycles. The van der Waals surface area contributed by atoms with Crippen LogP contribution >= 0.6 is 34.5 Å². The van der Waals surface area contributed by atoms with Gasteiger partial charge in [0.15, 0.2) is 0 Å². The second-order valence-corrected chi connectivity index (χ2v) is 7.50. The van der Waals surface area contributed by atoms with Crippen LogP contribution in [0.1, 0.15) is 21.1 Å². The molecule has 1 aromatic carbocycles. The molecule has 2 heterocycles. The van der Waals surface area contributed by atoms with E-state index < -0.39 is 23.1 Å². The Morgan fingerprint density at radius 2 is 1.97 bits per heavy atom. The summed E-state index contributed by atoms with van der Waals surface area (Å²) >= 11 is 12.8. The molecule has 3 aromatic rings. The van der Waals surface area contributed by atoms with Crippen LogP contribution in [-0.2, 0) is 11.2 Å². The maximum atomic E-state index is 12.1. The molecule has 14 heteroatoms. The number of amides is 2. The minimum atomic E-state index is -0.817. The van der Waals surface area contributed by atoms with Crippen molar-refractivity contribution in [1.29, 1.82) is 0 Å². The van der Waals surface area contributed by atoms with E-state index in [9.17, 15) is 19.2 Å². The van der Waals surface area contributed by atoms with Gasteiger partial charge in [-0.25, -0.2) is 10.2 Å². The Labute approximate surface area is 181 Å². The van der Waals surface area contributed by atoms with Gasteiger partial charge in [-0.15, -0.1) is 10.2 Å². The molecule has 0 aliphatic carbocycles. The van der Waals surface area contributed by atoms with Crippen LogP contribution in [0.15, 0.2) is 39.0 Å². The minimum absolute atomic E-state index is 0.0837. The van der Waals surface area contributed by atoms with Gasteiger partial charge in [-0.2, -0.15) is 5.10 Å². The fourth-order valence-electron chi connectivity index (χ4n) is 2.09. The molecule has 0 saturated carbocycles. The Bertz CT molecular complexity index is 1220. The molecule has 2 amide bonds. The van der Waals surface area contributed by atoms with Crippen molar-refractivity contribution < 1.29 is 9.59 Å². The highest BCUT2D eigenvalue weighted by Crippen LogP contribution is 2.19. The van der Waals surface area contributed by atoms with Crippen molar-refractivity contribution >= 4 is 57.7 Å². The number of H-pyrrole nitrogens is 2. The predicted octanol–water partition coefficient (Wildman–Crippen LogP) is 1.17. The minimum Gasteiger partial charge on any atom is -0.303 e. The van der Waals surface area contributed by atoms with E-state index >= 15 is 0 Å². The molecule has 0 aliphatic heterocycles. The second-order valence-electron chi connectivity index (χ2n) is 5.59. The van der Waals surface area contributed by atoms with Gasteiger partial charge in [0.25, 0.3) is 11.5 Å². The Hall–Kier alpha value is -3.35. The number of hydrogen-bond acceptors (Lipinski definition) is 8. The lowest BCUT2D eigenvalue weighted by Gasteiger charge is -2.00. The Morgan fingerprint density at radius 3 is 2.70 bits per heavy atom. The maximum absolute atomic E-state index is 12.1. The molecule has 154 valence electrons. The monoisotopic (exact) mass is 467 g/mol. The van der Waals surface area contributed by atoms with Crippen LogP contribution in [-0.4, -0.2) is 38.2 Å². The highest BCUT2D eigenvalue weighted by Gasteiger charge is 2.13. The first-order valence-corrected chi connectivity index (χ1v) is 9.62. The highest BCUT2D eigenvalue weighted by atomic mass is 35.5. The smallest absolute Gasteiger partial charge is 0.303 e. The largest absolute Gasteiger partial charge is 0.326 e. The summed E-state index contributed by atoms with van der Waals surface area (Å²) in [5.74, 6) is -1.22. The van der Waals surface area contributed by atoms with Crippen molar-refractivity contribution in [2.75, 3.05) is 5.32 Å². The summed E-state index contributed by atoms with van der Waals surface area (Å²) in [6.45, 7) is 0.